The summed E-state index contributed by atoms with van der Waals surface area (Å²) in [7, 11) is 1.87. The van der Waals surface area contributed by atoms with E-state index < -0.39 is 0 Å². The molecule has 88 valence electrons. The monoisotopic (exact) mass is 222 g/mol. The van der Waals surface area contributed by atoms with Gasteiger partial charge in [0.2, 0.25) is 5.91 Å². The first-order valence-corrected chi connectivity index (χ1v) is 5.64. The Hall–Kier alpha value is -1.36. The lowest BCUT2D eigenvalue weighted by atomic mass is 9.88. The molecule has 1 aromatic rings. The molecule has 0 aromatic carbocycles. The molecule has 1 amide bonds. The van der Waals surface area contributed by atoms with Crippen LogP contribution in [-0.4, -0.2) is 28.8 Å². The molecule has 1 unspecified atom stereocenters. The molecule has 0 bridgehead atoms. The molecular formula is C11H18N4O. The van der Waals surface area contributed by atoms with Crippen molar-refractivity contribution in [2.75, 3.05) is 13.1 Å². The number of amides is 1. The highest BCUT2D eigenvalue weighted by Crippen LogP contribution is 2.15. The smallest absolute Gasteiger partial charge is 0.223 e. The zero-order valence-electron chi connectivity index (χ0n) is 9.73. The molecule has 5 nitrogen and oxygen atoms in total. The van der Waals surface area contributed by atoms with Crippen LogP contribution in [0, 0.1) is 11.8 Å². The van der Waals surface area contributed by atoms with Crippen molar-refractivity contribution in [1.82, 2.24) is 20.4 Å². The van der Waals surface area contributed by atoms with Gasteiger partial charge >= 0.3 is 0 Å². The van der Waals surface area contributed by atoms with Gasteiger partial charge in [0.05, 0.1) is 12.2 Å². The number of nitrogens with one attached hydrogen (secondary N) is 2. The summed E-state index contributed by atoms with van der Waals surface area (Å²) in [6.45, 7) is 4.42. The van der Waals surface area contributed by atoms with Crippen molar-refractivity contribution in [2.45, 2.75) is 13.5 Å². The summed E-state index contributed by atoms with van der Waals surface area (Å²) in [5.41, 5.74) is 0.898. The minimum absolute atomic E-state index is 0.0879. The van der Waals surface area contributed by atoms with Crippen LogP contribution in [0.3, 0.4) is 0 Å². The fourth-order valence-corrected chi connectivity index (χ4v) is 1.77. The molecule has 16 heavy (non-hydrogen) atoms. The predicted octanol–water partition coefficient (Wildman–Crippen LogP) is -0.108. The third kappa shape index (κ3) is 2.41. The Bertz CT molecular complexity index is 370. The second kappa shape index (κ2) is 4.65. The van der Waals surface area contributed by atoms with Gasteiger partial charge < -0.3 is 10.6 Å². The van der Waals surface area contributed by atoms with E-state index in [9.17, 15) is 4.79 Å². The van der Waals surface area contributed by atoms with Crippen LogP contribution < -0.4 is 10.6 Å². The molecule has 0 saturated carbocycles. The van der Waals surface area contributed by atoms with Gasteiger partial charge in [0.25, 0.3) is 0 Å². The molecule has 0 aliphatic carbocycles. The maximum atomic E-state index is 11.8. The van der Waals surface area contributed by atoms with Gasteiger partial charge in [-0.2, -0.15) is 5.10 Å². The van der Waals surface area contributed by atoms with E-state index in [1.165, 1.54) is 0 Å². The number of aromatic nitrogens is 2. The van der Waals surface area contributed by atoms with E-state index in [4.69, 9.17) is 0 Å². The molecule has 1 aromatic heterocycles. The lowest BCUT2D eigenvalue weighted by molar-refractivity contribution is -0.126. The van der Waals surface area contributed by atoms with Crippen LogP contribution in [0.2, 0.25) is 0 Å². The Morgan fingerprint density at radius 1 is 1.75 bits per heavy atom. The van der Waals surface area contributed by atoms with Crippen LogP contribution >= 0.6 is 0 Å². The Labute approximate surface area is 95.2 Å². The number of carbonyl (C=O) groups is 1. The van der Waals surface area contributed by atoms with Gasteiger partial charge in [0.1, 0.15) is 0 Å². The number of carbonyl (C=O) groups excluding carboxylic acids is 1. The van der Waals surface area contributed by atoms with Crippen molar-refractivity contribution in [2.24, 2.45) is 18.9 Å². The summed E-state index contributed by atoms with van der Waals surface area (Å²) < 4.78 is 1.74. The van der Waals surface area contributed by atoms with Crippen LogP contribution in [0.1, 0.15) is 12.6 Å². The molecular weight excluding hydrogens is 204 g/mol. The van der Waals surface area contributed by atoms with Crippen LogP contribution in [0.5, 0.6) is 0 Å². The molecule has 1 saturated heterocycles. The molecule has 2 rings (SSSR count). The van der Waals surface area contributed by atoms with Gasteiger partial charge in [-0.25, -0.2) is 0 Å². The first-order chi connectivity index (χ1) is 7.66. The highest BCUT2D eigenvalue weighted by Gasteiger charge is 2.28. The summed E-state index contributed by atoms with van der Waals surface area (Å²) in [6, 6.07) is 1.91. The first kappa shape index (κ1) is 11.1. The van der Waals surface area contributed by atoms with Crippen molar-refractivity contribution in [3.05, 3.63) is 18.0 Å². The van der Waals surface area contributed by atoms with Crippen molar-refractivity contribution in [1.29, 1.82) is 0 Å². The van der Waals surface area contributed by atoms with E-state index >= 15 is 0 Å². The fourth-order valence-electron chi connectivity index (χ4n) is 1.77. The number of aryl methyl sites for hydroxylation is 1. The topological polar surface area (TPSA) is 59.0 Å². The molecule has 1 fully saturated rings. The van der Waals surface area contributed by atoms with Crippen LogP contribution in [-0.2, 0) is 18.4 Å². The number of hydrogen-bond donors (Lipinski definition) is 2. The summed E-state index contributed by atoms with van der Waals surface area (Å²) in [5.74, 6) is 0.700. The van der Waals surface area contributed by atoms with Crippen molar-refractivity contribution >= 4 is 5.91 Å². The zero-order chi connectivity index (χ0) is 11.5. The molecule has 2 N–H and O–H groups in total. The summed E-state index contributed by atoms with van der Waals surface area (Å²) in [4.78, 5) is 11.8. The average Bonchev–Trinajstić information content (AvgIpc) is 2.58. The normalized spacial score (nSPS) is 17.9. The van der Waals surface area contributed by atoms with Gasteiger partial charge in [-0.1, -0.05) is 6.92 Å². The van der Waals surface area contributed by atoms with Crippen LogP contribution in [0.15, 0.2) is 12.3 Å². The Balaban J connectivity index is 1.78. The van der Waals surface area contributed by atoms with Crippen LogP contribution in [0.4, 0.5) is 0 Å². The lowest BCUT2D eigenvalue weighted by Gasteiger charge is -2.31. The third-order valence-electron chi connectivity index (χ3n) is 3.15. The molecule has 1 aliphatic heterocycles. The minimum atomic E-state index is 0.0879. The van der Waals surface area contributed by atoms with Gasteiger partial charge in [-0.05, 0) is 25.1 Å². The van der Waals surface area contributed by atoms with E-state index in [1.807, 2.05) is 26.2 Å². The number of nitrogens with zero attached hydrogens (tertiary/aromatic N) is 2. The predicted molar refractivity (Wildman–Crippen MR) is 60.6 cm³/mol. The molecule has 5 heteroatoms. The average molecular weight is 222 g/mol. The van der Waals surface area contributed by atoms with Gasteiger partial charge in [0.15, 0.2) is 0 Å². The van der Waals surface area contributed by atoms with Gasteiger partial charge in [-0.3, -0.25) is 9.48 Å². The van der Waals surface area contributed by atoms with Crippen molar-refractivity contribution < 1.29 is 4.79 Å². The third-order valence-corrected chi connectivity index (χ3v) is 3.15. The van der Waals surface area contributed by atoms with Crippen LogP contribution in [0.25, 0.3) is 0 Å². The van der Waals surface area contributed by atoms with Crippen molar-refractivity contribution in [3.63, 3.8) is 0 Å². The molecule has 2 heterocycles. The second-order valence-corrected chi connectivity index (χ2v) is 4.41. The molecule has 1 atom stereocenters. The largest absolute Gasteiger partial charge is 0.350 e. The zero-order valence-corrected chi connectivity index (χ0v) is 9.73. The lowest BCUT2D eigenvalue weighted by Crippen LogP contribution is -2.49. The standard InChI is InChI=1S/C11H18N4O/c1-8(9-5-12-6-9)11(16)13-7-10-3-4-15(2)14-10/h3-4,8-9,12H,5-7H2,1-2H3,(H,13,16). The Morgan fingerprint density at radius 3 is 3.00 bits per heavy atom. The maximum absolute atomic E-state index is 11.8. The van der Waals surface area contributed by atoms with E-state index in [0.717, 1.165) is 18.8 Å². The SMILES string of the molecule is CC(C(=O)NCc1ccn(C)n1)C1CNC1. The molecule has 1 aliphatic rings. The van der Waals surface area contributed by atoms with Gasteiger partial charge in [-0.15, -0.1) is 0 Å². The number of hydrogen-bond acceptors (Lipinski definition) is 3. The first-order valence-electron chi connectivity index (χ1n) is 5.64. The Kier molecular flexibility index (Phi) is 3.24. The van der Waals surface area contributed by atoms with E-state index in [1.54, 1.807) is 4.68 Å². The highest BCUT2D eigenvalue weighted by atomic mass is 16.1. The van der Waals surface area contributed by atoms with E-state index in [-0.39, 0.29) is 11.8 Å². The minimum Gasteiger partial charge on any atom is -0.350 e. The molecule has 0 spiro atoms. The number of rotatable bonds is 4. The van der Waals surface area contributed by atoms with E-state index in [2.05, 4.69) is 15.7 Å². The molecule has 0 radical (unpaired) electrons. The van der Waals surface area contributed by atoms with E-state index in [0.29, 0.717) is 12.5 Å². The summed E-state index contributed by atoms with van der Waals surface area (Å²) >= 11 is 0. The quantitative estimate of drug-likeness (QED) is 0.747. The highest BCUT2D eigenvalue weighted by molar-refractivity contribution is 5.78. The maximum Gasteiger partial charge on any atom is 0.223 e. The summed E-state index contributed by atoms with van der Waals surface area (Å²) in [5, 5.41) is 10.3. The van der Waals surface area contributed by atoms with Crippen molar-refractivity contribution in [3.8, 4) is 0 Å². The second-order valence-electron chi connectivity index (χ2n) is 4.41. The van der Waals surface area contributed by atoms with Gasteiger partial charge in [0, 0.05) is 19.2 Å². The summed E-state index contributed by atoms with van der Waals surface area (Å²) in [6.07, 6.45) is 1.88. The Morgan fingerprint density at radius 2 is 2.50 bits per heavy atom. The fraction of sp³-hybridized carbons (Fsp3) is 0.636.